The van der Waals surface area contributed by atoms with E-state index in [1.807, 2.05) is 26.0 Å². The second-order valence-electron chi connectivity index (χ2n) is 4.46. The number of rotatable bonds is 3. The van der Waals surface area contributed by atoms with Gasteiger partial charge in [0.05, 0.1) is 11.4 Å². The highest BCUT2D eigenvalue weighted by molar-refractivity contribution is 7.92. The molecule has 100 valence electrons. The molecule has 2 aromatic rings. The summed E-state index contributed by atoms with van der Waals surface area (Å²) in [4.78, 5) is 0.0926. The first-order chi connectivity index (χ1) is 8.90. The standard InChI is InChI=1S/C14H16N2O2S/c1-10-7-8-13(11(2)9-10)16-19(17,18)14-6-4-3-5-12(14)15/h3-9,16H,15H2,1-2H3. The molecule has 0 atom stereocenters. The van der Waals surface area contributed by atoms with Gasteiger partial charge in [-0.05, 0) is 37.6 Å². The number of para-hydroxylation sites is 1. The summed E-state index contributed by atoms with van der Waals surface area (Å²) in [5.74, 6) is 0. The zero-order valence-electron chi connectivity index (χ0n) is 10.8. The maximum atomic E-state index is 12.3. The Morgan fingerprint density at radius 3 is 2.37 bits per heavy atom. The molecular formula is C14H16N2O2S. The lowest BCUT2D eigenvalue weighted by Gasteiger charge is -2.12. The highest BCUT2D eigenvalue weighted by atomic mass is 32.2. The number of hydrogen-bond acceptors (Lipinski definition) is 3. The van der Waals surface area contributed by atoms with Crippen molar-refractivity contribution in [3.8, 4) is 0 Å². The number of benzene rings is 2. The van der Waals surface area contributed by atoms with Crippen LogP contribution in [0.25, 0.3) is 0 Å². The number of aryl methyl sites for hydroxylation is 2. The Hall–Kier alpha value is -2.01. The second-order valence-corrected chi connectivity index (χ2v) is 6.11. The summed E-state index contributed by atoms with van der Waals surface area (Å²) in [5, 5.41) is 0. The number of anilines is 2. The van der Waals surface area contributed by atoms with E-state index in [9.17, 15) is 8.42 Å². The molecule has 0 aliphatic carbocycles. The Kier molecular flexibility index (Phi) is 3.48. The average Bonchev–Trinajstić information content (AvgIpc) is 2.33. The van der Waals surface area contributed by atoms with Crippen molar-refractivity contribution in [2.24, 2.45) is 0 Å². The van der Waals surface area contributed by atoms with Crippen LogP contribution in [0.15, 0.2) is 47.4 Å². The van der Waals surface area contributed by atoms with Gasteiger partial charge in [-0.1, -0.05) is 29.8 Å². The van der Waals surface area contributed by atoms with Crippen molar-refractivity contribution >= 4 is 21.4 Å². The normalized spacial score (nSPS) is 11.3. The van der Waals surface area contributed by atoms with E-state index in [4.69, 9.17) is 5.73 Å². The van der Waals surface area contributed by atoms with Crippen LogP contribution in [0.4, 0.5) is 11.4 Å². The highest BCUT2D eigenvalue weighted by Crippen LogP contribution is 2.23. The summed E-state index contributed by atoms with van der Waals surface area (Å²) in [6.45, 7) is 3.82. The van der Waals surface area contributed by atoms with Crippen molar-refractivity contribution in [3.05, 3.63) is 53.6 Å². The Bertz CT molecular complexity index is 709. The third kappa shape index (κ3) is 2.88. The van der Waals surface area contributed by atoms with Crippen LogP contribution in [-0.4, -0.2) is 8.42 Å². The summed E-state index contributed by atoms with van der Waals surface area (Å²) in [6.07, 6.45) is 0. The predicted molar refractivity (Wildman–Crippen MR) is 77.6 cm³/mol. The van der Waals surface area contributed by atoms with Gasteiger partial charge in [0.15, 0.2) is 0 Å². The smallest absolute Gasteiger partial charge is 0.263 e. The molecule has 0 heterocycles. The van der Waals surface area contributed by atoms with E-state index in [1.165, 1.54) is 6.07 Å². The van der Waals surface area contributed by atoms with Gasteiger partial charge >= 0.3 is 0 Å². The van der Waals surface area contributed by atoms with E-state index < -0.39 is 10.0 Å². The van der Waals surface area contributed by atoms with Crippen LogP contribution in [0.5, 0.6) is 0 Å². The first-order valence-corrected chi connectivity index (χ1v) is 7.33. The maximum Gasteiger partial charge on any atom is 0.263 e. The van der Waals surface area contributed by atoms with Crippen LogP contribution < -0.4 is 10.5 Å². The van der Waals surface area contributed by atoms with Crippen LogP contribution >= 0.6 is 0 Å². The number of nitrogen functional groups attached to an aromatic ring is 1. The molecule has 0 aliphatic rings. The van der Waals surface area contributed by atoms with Crippen molar-refractivity contribution in [3.63, 3.8) is 0 Å². The SMILES string of the molecule is Cc1ccc(NS(=O)(=O)c2ccccc2N)c(C)c1. The zero-order chi connectivity index (χ0) is 14.0. The Morgan fingerprint density at radius 2 is 1.74 bits per heavy atom. The Balaban J connectivity index is 2.40. The van der Waals surface area contributed by atoms with Crippen molar-refractivity contribution in [1.82, 2.24) is 0 Å². The third-order valence-corrected chi connectivity index (χ3v) is 4.27. The fourth-order valence-corrected chi connectivity index (χ4v) is 3.12. The molecule has 0 bridgehead atoms. The molecule has 2 aromatic carbocycles. The first kappa shape index (κ1) is 13.4. The highest BCUT2D eigenvalue weighted by Gasteiger charge is 2.17. The van der Waals surface area contributed by atoms with Gasteiger partial charge in [0.2, 0.25) is 0 Å². The quantitative estimate of drug-likeness (QED) is 0.847. The fraction of sp³-hybridized carbons (Fsp3) is 0.143. The fourth-order valence-electron chi connectivity index (χ4n) is 1.85. The summed E-state index contributed by atoms with van der Waals surface area (Å²) < 4.78 is 27.1. The minimum Gasteiger partial charge on any atom is -0.398 e. The van der Waals surface area contributed by atoms with Gasteiger partial charge in [0.25, 0.3) is 10.0 Å². The predicted octanol–water partition coefficient (Wildman–Crippen LogP) is 2.69. The van der Waals surface area contributed by atoms with Gasteiger partial charge in [-0.25, -0.2) is 8.42 Å². The van der Waals surface area contributed by atoms with Crippen molar-refractivity contribution in [2.75, 3.05) is 10.5 Å². The summed E-state index contributed by atoms with van der Waals surface area (Å²) in [6, 6.07) is 11.9. The molecule has 4 nitrogen and oxygen atoms in total. The van der Waals surface area contributed by atoms with Gasteiger partial charge in [-0.2, -0.15) is 0 Å². The van der Waals surface area contributed by atoms with Crippen LogP contribution in [0, 0.1) is 13.8 Å². The molecule has 0 unspecified atom stereocenters. The van der Waals surface area contributed by atoms with Gasteiger partial charge in [0.1, 0.15) is 4.90 Å². The minimum absolute atomic E-state index is 0.0926. The molecule has 19 heavy (non-hydrogen) atoms. The second kappa shape index (κ2) is 4.93. The van der Waals surface area contributed by atoms with Crippen molar-refractivity contribution in [2.45, 2.75) is 18.7 Å². The van der Waals surface area contributed by atoms with Crippen molar-refractivity contribution in [1.29, 1.82) is 0 Å². The number of nitrogens with two attached hydrogens (primary N) is 1. The van der Waals surface area contributed by atoms with Crippen LogP contribution in [0.3, 0.4) is 0 Å². The Morgan fingerprint density at radius 1 is 1.05 bits per heavy atom. The van der Waals surface area contributed by atoms with Gasteiger partial charge in [-0.3, -0.25) is 4.72 Å². The summed E-state index contributed by atoms with van der Waals surface area (Å²) >= 11 is 0. The molecule has 0 radical (unpaired) electrons. The lowest BCUT2D eigenvalue weighted by Crippen LogP contribution is -2.15. The number of sulfonamides is 1. The molecule has 0 spiro atoms. The average molecular weight is 276 g/mol. The van der Waals surface area contributed by atoms with E-state index in [0.717, 1.165) is 11.1 Å². The molecule has 0 aliphatic heterocycles. The maximum absolute atomic E-state index is 12.3. The molecule has 0 fully saturated rings. The molecular weight excluding hydrogens is 260 g/mol. The molecule has 5 heteroatoms. The lowest BCUT2D eigenvalue weighted by atomic mass is 10.1. The summed E-state index contributed by atoms with van der Waals surface area (Å²) in [7, 11) is -3.65. The zero-order valence-corrected chi connectivity index (χ0v) is 11.7. The van der Waals surface area contributed by atoms with Crippen LogP contribution in [0.2, 0.25) is 0 Å². The topological polar surface area (TPSA) is 72.2 Å². The monoisotopic (exact) mass is 276 g/mol. The molecule has 0 saturated carbocycles. The minimum atomic E-state index is -3.65. The van der Waals surface area contributed by atoms with Gasteiger partial charge in [0, 0.05) is 0 Å². The largest absolute Gasteiger partial charge is 0.398 e. The molecule has 2 rings (SSSR count). The number of hydrogen-bond donors (Lipinski definition) is 2. The van der Waals surface area contributed by atoms with E-state index >= 15 is 0 Å². The first-order valence-electron chi connectivity index (χ1n) is 5.85. The third-order valence-electron chi connectivity index (χ3n) is 2.83. The van der Waals surface area contributed by atoms with Crippen molar-refractivity contribution < 1.29 is 8.42 Å². The van der Waals surface area contributed by atoms with E-state index in [2.05, 4.69) is 4.72 Å². The van der Waals surface area contributed by atoms with Gasteiger partial charge < -0.3 is 5.73 Å². The Labute approximate surface area is 113 Å². The van der Waals surface area contributed by atoms with Crippen LogP contribution in [0.1, 0.15) is 11.1 Å². The van der Waals surface area contributed by atoms with E-state index in [0.29, 0.717) is 5.69 Å². The van der Waals surface area contributed by atoms with Crippen LogP contribution in [-0.2, 0) is 10.0 Å². The molecule has 0 aromatic heterocycles. The lowest BCUT2D eigenvalue weighted by molar-refractivity contribution is 0.601. The molecule has 0 saturated heterocycles. The molecule has 0 amide bonds. The number of nitrogens with one attached hydrogen (secondary N) is 1. The van der Waals surface area contributed by atoms with E-state index in [-0.39, 0.29) is 10.6 Å². The molecule has 3 N–H and O–H groups in total. The van der Waals surface area contributed by atoms with Gasteiger partial charge in [-0.15, -0.1) is 0 Å². The van der Waals surface area contributed by atoms with E-state index in [1.54, 1.807) is 24.3 Å². The summed E-state index contributed by atoms with van der Waals surface area (Å²) in [5.41, 5.74) is 8.46.